The van der Waals surface area contributed by atoms with Gasteiger partial charge in [0.25, 0.3) is 5.91 Å². The summed E-state index contributed by atoms with van der Waals surface area (Å²) in [6, 6.07) is 14.6. The van der Waals surface area contributed by atoms with Crippen LogP contribution in [0.15, 0.2) is 71.8 Å². The first kappa shape index (κ1) is 23.6. The van der Waals surface area contributed by atoms with Gasteiger partial charge >= 0.3 is 0 Å². The van der Waals surface area contributed by atoms with Crippen LogP contribution in [0.3, 0.4) is 0 Å². The molecule has 1 aliphatic carbocycles. The number of carbonyl (C=O) groups is 2. The molecule has 5 nitrogen and oxygen atoms in total. The van der Waals surface area contributed by atoms with Crippen molar-refractivity contribution in [1.82, 2.24) is 10.2 Å². The fourth-order valence-corrected chi connectivity index (χ4v) is 5.19. The molecule has 2 aromatic carbocycles. The molecule has 1 heterocycles. The van der Waals surface area contributed by atoms with E-state index in [2.05, 4.69) is 5.32 Å². The van der Waals surface area contributed by atoms with E-state index in [-0.39, 0.29) is 18.4 Å². The van der Waals surface area contributed by atoms with Gasteiger partial charge in [-0.3, -0.25) is 9.59 Å². The van der Waals surface area contributed by atoms with Crippen molar-refractivity contribution in [1.29, 1.82) is 0 Å². The number of allylic oxidation sites excluding steroid dienone is 2. The Morgan fingerprint density at radius 1 is 1.09 bits per heavy atom. The first-order chi connectivity index (χ1) is 16.0. The van der Waals surface area contributed by atoms with Gasteiger partial charge in [-0.1, -0.05) is 71.8 Å². The molecule has 0 saturated carbocycles. The predicted molar refractivity (Wildman–Crippen MR) is 132 cm³/mol. The SMILES string of the molecule is NCCN1C(=O)C2=CCCC=C2[C@@H](C(=O)NCCc2ccccc2)[C@@H]1c1ccc(Cl)cc1Cl. The lowest BCUT2D eigenvalue weighted by Crippen LogP contribution is -2.52. The molecule has 2 atom stereocenters. The molecule has 0 unspecified atom stereocenters. The summed E-state index contributed by atoms with van der Waals surface area (Å²) in [6.07, 6.45) is 6.24. The number of hydrogen-bond donors (Lipinski definition) is 2. The maximum absolute atomic E-state index is 13.6. The zero-order valence-corrected chi connectivity index (χ0v) is 19.8. The van der Waals surface area contributed by atoms with E-state index in [0.29, 0.717) is 34.3 Å². The molecule has 1 fully saturated rings. The van der Waals surface area contributed by atoms with E-state index in [0.717, 1.165) is 30.4 Å². The summed E-state index contributed by atoms with van der Waals surface area (Å²) in [6.45, 7) is 1.10. The largest absolute Gasteiger partial charge is 0.355 e. The van der Waals surface area contributed by atoms with Gasteiger partial charge in [0.1, 0.15) is 0 Å². The highest BCUT2D eigenvalue weighted by Gasteiger charge is 2.46. The first-order valence-corrected chi connectivity index (χ1v) is 11.9. The van der Waals surface area contributed by atoms with Gasteiger partial charge < -0.3 is 16.0 Å². The van der Waals surface area contributed by atoms with Crippen LogP contribution in [0.2, 0.25) is 10.0 Å². The second kappa shape index (κ2) is 10.6. The molecule has 1 aliphatic heterocycles. The third-order valence-corrected chi connectivity index (χ3v) is 6.72. The number of amides is 2. The number of rotatable bonds is 7. The molecule has 3 N–H and O–H groups in total. The summed E-state index contributed by atoms with van der Waals surface area (Å²) < 4.78 is 0. The minimum absolute atomic E-state index is 0.115. The molecule has 2 amide bonds. The van der Waals surface area contributed by atoms with Gasteiger partial charge in [-0.25, -0.2) is 0 Å². The molecule has 1 saturated heterocycles. The molecule has 0 aromatic heterocycles. The summed E-state index contributed by atoms with van der Waals surface area (Å²) in [4.78, 5) is 28.8. The number of halogens is 2. The molecule has 0 radical (unpaired) electrons. The maximum Gasteiger partial charge on any atom is 0.254 e. The summed E-state index contributed by atoms with van der Waals surface area (Å²) in [7, 11) is 0. The highest BCUT2D eigenvalue weighted by atomic mass is 35.5. The molecule has 33 heavy (non-hydrogen) atoms. The Bertz CT molecular complexity index is 1100. The minimum Gasteiger partial charge on any atom is -0.355 e. The van der Waals surface area contributed by atoms with Crippen LogP contribution >= 0.6 is 23.2 Å². The lowest BCUT2D eigenvalue weighted by atomic mass is 9.75. The summed E-state index contributed by atoms with van der Waals surface area (Å²) >= 11 is 12.7. The molecule has 0 spiro atoms. The van der Waals surface area contributed by atoms with E-state index in [9.17, 15) is 9.59 Å². The minimum atomic E-state index is -0.588. The van der Waals surface area contributed by atoms with Crippen LogP contribution in [-0.4, -0.2) is 36.3 Å². The van der Waals surface area contributed by atoms with E-state index in [4.69, 9.17) is 28.9 Å². The number of piperidine rings is 1. The number of likely N-dealkylation sites (tertiary alicyclic amines) is 1. The normalized spacial score (nSPS) is 20.1. The van der Waals surface area contributed by atoms with Crippen LogP contribution in [-0.2, 0) is 16.0 Å². The van der Waals surface area contributed by atoms with Crippen LogP contribution in [0.4, 0.5) is 0 Å². The zero-order valence-electron chi connectivity index (χ0n) is 18.3. The van der Waals surface area contributed by atoms with Crippen molar-refractivity contribution >= 4 is 35.0 Å². The van der Waals surface area contributed by atoms with E-state index in [1.54, 1.807) is 23.1 Å². The average molecular weight is 484 g/mol. The van der Waals surface area contributed by atoms with E-state index in [1.807, 2.05) is 42.5 Å². The molecule has 7 heteroatoms. The molecule has 4 rings (SSSR count). The van der Waals surface area contributed by atoms with Gasteiger partial charge in [-0.15, -0.1) is 0 Å². The van der Waals surface area contributed by atoms with E-state index < -0.39 is 12.0 Å². The Balaban J connectivity index is 1.70. The van der Waals surface area contributed by atoms with Crippen molar-refractivity contribution in [3.8, 4) is 0 Å². The van der Waals surface area contributed by atoms with Crippen molar-refractivity contribution in [2.24, 2.45) is 11.7 Å². The van der Waals surface area contributed by atoms with Crippen LogP contribution in [0.1, 0.15) is 30.0 Å². The topological polar surface area (TPSA) is 75.4 Å². The van der Waals surface area contributed by atoms with E-state index >= 15 is 0 Å². The van der Waals surface area contributed by atoms with Crippen molar-refractivity contribution < 1.29 is 9.59 Å². The molecular formula is C26H27Cl2N3O2. The monoisotopic (exact) mass is 483 g/mol. The van der Waals surface area contributed by atoms with Gasteiger partial charge in [-0.05, 0) is 48.1 Å². The lowest BCUT2D eigenvalue weighted by Gasteiger charge is -2.44. The smallest absolute Gasteiger partial charge is 0.254 e. The molecule has 0 bridgehead atoms. The number of carbonyl (C=O) groups excluding carboxylic acids is 2. The average Bonchev–Trinajstić information content (AvgIpc) is 2.82. The van der Waals surface area contributed by atoms with Gasteiger partial charge in [0.2, 0.25) is 5.91 Å². The van der Waals surface area contributed by atoms with E-state index in [1.165, 1.54) is 0 Å². The van der Waals surface area contributed by atoms with Crippen LogP contribution < -0.4 is 11.1 Å². The molecular weight excluding hydrogens is 457 g/mol. The Morgan fingerprint density at radius 2 is 1.85 bits per heavy atom. The van der Waals surface area contributed by atoms with Crippen molar-refractivity contribution in [3.05, 3.63) is 93.0 Å². The van der Waals surface area contributed by atoms with Crippen molar-refractivity contribution in [3.63, 3.8) is 0 Å². The fourth-order valence-electron chi connectivity index (χ4n) is 4.67. The number of nitrogens with zero attached hydrogens (tertiary/aromatic N) is 1. The maximum atomic E-state index is 13.6. The third kappa shape index (κ3) is 5.01. The van der Waals surface area contributed by atoms with Gasteiger partial charge in [0, 0.05) is 35.3 Å². The lowest BCUT2D eigenvalue weighted by molar-refractivity contribution is -0.136. The summed E-state index contributed by atoms with van der Waals surface area (Å²) in [5, 5.41) is 4.02. The van der Waals surface area contributed by atoms with Crippen molar-refractivity contribution in [2.45, 2.75) is 25.3 Å². The standard InChI is InChI=1S/C26H27Cl2N3O2/c27-18-10-11-21(22(28)16-18)24-23(25(32)30-14-12-17-6-2-1-3-7-17)19-8-4-5-9-20(19)26(33)31(24)15-13-29/h1-3,6-11,16,23-24H,4-5,12-15,29H2,(H,30,32)/t23-,24+/m1/s1. The van der Waals surface area contributed by atoms with Gasteiger partial charge in [-0.2, -0.15) is 0 Å². The van der Waals surface area contributed by atoms with Crippen LogP contribution in [0, 0.1) is 5.92 Å². The molecule has 2 aromatic rings. The number of hydrogen-bond acceptors (Lipinski definition) is 3. The third-order valence-electron chi connectivity index (χ3n) is 6.16. The number of nitrogens with two attached hydrogens (primary N) is 1. The molecule has 172 valence electrons. The summed E-state index contributed by atoms with van der Waals surface area (Å²) in [5.74, 6) is -0.832. The quantitative estimate of drug-likeness (QED) is 0.610. The zero-order chi connectivity index (χ0) is 23.4. The van der Waals surface area contributed by atoms with Gasteiger partial charge in [0.05, 0.1) is 12.0 Å². The number of nitrogens with one attached hydrogen (secondary N) is 1. The van der Waals surface area contributed by atoms with Crippen LogP contribution in [0.5, 0.6) is 0 Å². The highest BCUT2D eigenvalue weighted by Crippen LogP contribution is 2.46. The second-order valence-corrected chi connectivity index (χ2v) is 9.10. The highest BCUT2D eigenvalue weighted by molar-refractivity contribution is 6.35. The Kier molecular flexibility index (Phi) is 7.53. The summed E-state index contributed by atoms with van der Waals surface area (Å²) in [5.41, 5.74) is 9.08. The molecule has 2 aliphatic rings. The Hall–Kier alpha value is -2.60. The number of fused-ring (bicyclic) bond motifs is 1. The van der Waals surface area contributed by atoms with Gasteiger partial charge in [0.15, 0.2) is 0 Å². The fraction of sp³-hybridized carbons (Fsp3) is 0.308. The predicted octanol–water partition coefficient (Wildman–Crippen LogP) is 4.46. The first-order valence-electron chi connectivity index (χ1n) is 11.2. The van der Waals surface area contributed by atoms with Crippen molar-refractivity contribution in [2.75, 3.05) is 19.6 Å². The Morgan fingerprint density at radius 3 is 2.58 bits per heavy atom. The second-order valence-electron chi connectivity index (χ2n) is 8.26. The van der Waals surface area contributed by atoms with Crippen LogP contribution in [0.25, 0.3) is 0 Å². The Labute approximate surface area is 204 Å². The number of benzene rings is 2.